The minimum Gasteiger partial charge on any atom is -0.442 e. The van der Waals surface area contributed by atoms with Gasteiger partial charge in [0.1, 0.15) is 17.7 Å². The first-order valence-corrected chi connectivity index (χ1v) is 9.85. The molecule has 1 atom stereocenters. The van der Waals surface area contributed by atoms with Gasteiger partial charge in [0, 0.05) is 23.7 Å². The summed E-state index contributed by atoms with van der Waals surface area (Å²) >= 11 is 0. The molecule has 0 bridgehead atoms. The number of ether oxygens (including phenoxy) is 1. The van der Waals surface area contributed by atoms with E-state index in [2.05, 4.69) is 17.6 Å². The first kappa shape index (κ1) is 19.6. The molecule has 0 radical (unpaired) electrons. The maximum absolute atomic E-state index is 14.6. The Morgan fingerprint density at radius 1 is 1.21 bits per heavy atom. The van der Waals surface area contributed by atoms with Crippen LogP contribution >= 0.6 is 0 Å². The number of carbonyl (C=O) groups excluding carboxylic acids is 3. The van der Waals surface area contributed by atoms with E-state index >= 15 is 0 Å². The first-order chi connectivity index (χ1) is 13.8. The molecule has 156 valence electrons. The van der Waals surface area contributed by atoms with Crippen molar-refractivity contribution in [2.75, 3.05) is 18.0 Å². The number of hydrogen-bond acceptors (Lipinski definition) is 5. The van der Waals surface area contributed by atoms with Crippen molar-refractivity contribution in [3.05, 3.63) is 29.3 Å². The molecular weight excluding hydrogens is 384 g/mol. The molecule has 4 rings (SSSR count). The monoisotopic (exact) mass is 407 g/mol. The highest BCUT2D eigenvalue weighted by atomic mass is 19.1. The summed E-state index contributed by atoms with van der Waals surface area (Å²) < 4.78 is 34.5. The number of rotatable bonds is 4. The molecule has 1 saturated carbocycles. The summed E-state index contributed by atoms with van der Waals surface area (Å²) in [6, 6.07) is 2.51. The number of alkyl carbamates (subject to hydrolysis) is 1. The lowest BCUT2D eigenvalue weighted by Gasteiger charge is -2.41. The molecule has 29 heavy (non-hydrogen) atoms. The summed E-state index contributed by atoms with van der Waals surface area (Å²) in [5.74, 6) is -3.17. The number of hydrogen-bond donors (Lipinski definition) is 2. The molecule has 1 aromatic rings. The Morgan fingerprint density at radius 3 is 2.45 bits per heavy atom. The summed E-state index contributed by atoms with van der Waals surface area (Å²) in [6.07, 6.45) is 1.22. The number of halogens is 2. The Balaban J connectivity index is 1.34. The minimum absolute atomic E-state index is 0.0457. The van der Waals surface area contributed by atoms with Crippen LogP contribution in [0.15, 0.2) is 12.1 Å². The fourth-order valence-electron chi connectivity index (χ4n) is 4.15. The molecule has 0 aromatic heterocycles. The van der Waals surface area contributed by atoms with Crippen LogP contribution in [-0.2, 0) is 14.3 Å². The Morgan fingerprint density at radius 2 is 1.86 bits per heavy atom. The highest BCUT2D eigenvalue weighted by molar-refractivity contribution is 6.01. The Kier molecular flexibility index (Phi) is 5.14. The maximum atomic E-state index is 14.6. The molecule has 2 saturated heterocycles. The van der Waals surface area contributed by atoms with Gasteiger partial charge in [-0.1, -0.05) is 6.92 Å². The van der Waals surface area contributed by atoms with Gasteiger partial charge >= 0.3 is 6.09 Å². The molecule has 0 spiro atoms. The highest BCUT2D eigenvalue weighted by Crippen LogP contribution is 2.33. The first-order valence-electron chi connectivity index (χ1n) is 9.85. The number of carbonyl (C=O) groups is 3. The SMILES string of the molecule is CC1CC(NC(=O)OC2CN(c3cc(F)c(C4CCC(=O)NC4=O)c(F)c3)C2)C1. The third-order valence-electron chi connectivity index (χ3n) is 5.83. The van der Waals surface area contributed by atoms with Crippen LogP contribution in [0.5, 0.6) is 0 Å². The number of benzene rings is 1. The number of imide groups is 1. The van der Waals surface area contributed by atoms with Crippen molar-refractivity contribution >= 4 is 23.6 Å². The van der Waals surface area contributed by atoms with E-state index in [1.54, 1.807) is 4.90 Å². The average Bonchev–Trinajstić information content (AvgIpc) is 2.57. The fraction of sp³-hybridized carbons (Fsp3) is 0.550. The van der Waals surface area contributed by atoms with E-state index < -0.39 is 35.5 Å². The van der Waals surface area contributed by atoms with Crippen molar-refractivity contribution in [1.29, 1.82) is 0 Å². The third-order valence-corrected chi connectivity index (χ3v) is 5.83. The number of amides is 3. The lowest BCUT2D eigenvalue weighted by atomic mass is 9.82. The van der Waals surface area contributed by atoms with Gasteiger partial charge < -0.3 is 15.0 Å². The van der Waals surface area contributed by atoms with Gasteiger partial charge in [-0.05, 0) is 37.3 Å². The predicted molar refractivity (Wildman–Crippen MR) is 99.3 cm³/mol. The molecule has 2 aliphatic heterocycles. The number of nitrogens with zero attached hydrogens (tertiary/aromatic N) is 1. The second-order valence-corrected chi connectivity index (χ2v) is 8.18. The number of nitrogens with one attached hydrogen (secondary N) is 2. The molecule has 3 amide bonds. The van der Waals surface area contributed by atoms with E-state index in [1.807, 2.05) is 0 Å². The van der Waals surface area contributed by atoms with Crippen LogP contribution < -0.4 is 15.5 Å². The van der Waals surface area contributed by atoms with Gasteiger partial charge in [-0.2, -0.15) is 0 Å². The van der Waals surface area contributed by atoms with E-state index in [9.17, 15) is 23.2 Å². The molecule has 7 nitrogen and oxygen atoms in total. The smallest absolute Gasteiger partial charge is 0.407 e. The zero-order chi connectivity index (χ0) is 20.7. The Hall–Kier alpha value is -2.71. The van der Waals surface area contributed by atoms with Crippen molar-refractivity contribution in [2.45, 2.75) is 50.7 Å². The molecule has 2 N–H and O–H groups in total. The van der Waals surface area contributed by atoms with Crippen molar-refractivity contribution < 1.29 is 27.9 Å². The number of piperidine rings is 1. The topological polar surface area (TPSA) is 87.7 Å². The van der Waals surface area contributed by atoms with Gasteiger partial charge in [-0.25, -0.2) is 13.6 Å². The maximum Gasteiger partial charge on any atom is 0.407 e. The van der Waals surface area contributed by atoms with E-state index in [0.717, 1.165) is 12.8 Å². The molecule has 9 heteroatoms. The fourth-order valence-corrected chi connectivity index (χ4v) is 4.15. The van der Waals surface area contributed by atoms with Crippen LogP contribution in [0.3, 0.4) is 0 Å². The molecule has 1 aliphatic carbocycles. The van der Waals surface area contributed by atoms with Gasteiger partial charge in [0.05, 0.1) is 19.0 Å². The molecule has 3 aliphatic rings. The Bertz CT molecular complexity index is 827. The summed E-state index contributed by atoms with van der Waals surface area (Å²) in [7, 11) is 0. The normalized spacial score (nSPS) is 27.0. The average molecular weight is 407 g/mol. The van der Waals surface area contributed by atoms with Gasteiger partial charge in [0.15, 0.2) is 0 Å². The number of anilines is 1. The van der Waals surface area contributed by atoms with Crippen LogP contribution in [0, 0.1) is 17.6 Å². The van der Waals surface area contributed by atoms with Crippen LogP contribution in [0.25, 0.3) is 0 Å². The molecule has 3 fully saturated rings. The van der Waals surface area contributed by atoms with Crippen molar-refractivity contribution in [3.8, 4) is 0 Å². The van der Waals surface area contributed by atoms with Crippen molar-refractivity contribution in [1.82, 2.24) is 10.6 Å². The van der Waals surface area contributed by atoms with E-state index in [-0.39, 0.29) is 30.6 Å². The van der Waals surface area contributed by atoms with Gasteiger partial charge in [-0.3, -0.25) is 14.9 Å². The molecule has 1 aromatic carbocycles. The molecule has 2 heterocycles. The van der Waals surface area contributed by atoms with Crippen LogP contribution in [0.1, 0.15) is 44.1 Å². The van der Waals surface area contributed by atoms with Gasteiger partial charge in [0.25, 0.3) is 0 Å². The van der Waals surface area contributed by atoms with E-state index in [1.165, 1.54) is 12.1 Å². The largest absolute Gasteiger partial charge is 0.442 e. The van der Waals surface area contributed by atoms with Gasteiger partial charge in [-0.15, -0.1) is 0 Å². The highest BCUT2D eigenvalue weighted by Gasteiger charge is 2.36. The van der Waals surface area contributed by atoms with Crippen molar-refractivity contribution in [2.24, 2.45) is 5.92 Å². The molecule has 1 unspecified atom stereocenters. The second kappa shape index (κ2) is 7.61. The zero-order valence-electron chi connectivity index (χ0n) is 16.0. The molecular formula is C20H23F2N3O4. The minimum atomic E-state index is -1.02. The zero-order valence-corrected chi connectivity index (χ0v) is 16.0. The van der Waals surface area contributed by atoms with E-state index in [4.69, 9.17) is 4.74 Å². The Labute approximate surface area is 166 Å². The second-order valence-electron chi connectivity index (χ2n) is 8.18. The van der Waals surface area contributed by atoms with Crippen LogP contribution in [0.2, 0.25) is 0 Å². The van der Waals surface area contributed by atoms with Crippen molar-refractivity contribution in [3.63, 3.8) is 0 Å². The quantitative estimate of drug-likeness (QED) is 0.748. The lowest BCUT2D eigenvalue weighted by molar-refractivity contribution is -0.134. The van der Waals surface area contributed by atoms with Crippen LogP contribution in [-0.4, -0.2) is 43.1 Å². The van der Waals surface area contributed by atoms with Gasteiger partial charge in [0.2, 0.25) is 11.8 Å². The standard InChI is InChI=1S/C20H23F2N3O4/c1-10-4-11(5-10)23-20(28)29-13-8-25(9-13)12-6-15(21)18(16(22)7-12)14-2-3-17(26)24-19(14)27/h6-7,10-11,13-14H,2-5,8-9H2,1H3,(H,23,28)(H,24,26,27). The predicted octanol–water partition coefficient (Wildman–Crippen LogP) is 2.20. The third kappa shape index (κ3) is 4.04. The van der Waals surface area contributed by atoms with E-state index in [0.29, 0.717) is 24.7 Å². The summed E-state index contributed by atoms with van der Waals surface area (Å²) in [6.45, 7) is 2.80. The lowest BCUT2D eigenvalue weighted by Crippen LogP contribution is -2.55. The summed E-state index contributed by atoms with van der Waals surface area (Å²) in [5, 5.41) is 4.92. The summed E-state index contributed by atoms with van der Waals surface area (Å²) in [5.41, 5.74) is 0.00491. The summed E-state index contributed by atoms with van der Waals surface area (Å²) in [4.78, 5) is 36.7. The van der Waals surface area contributed by atoms with Crippen LogP contribution in [0.4, 0.5) is 19.3 Å².